The summed E-state index contributed by atoms with van der Waals surface area (Å²) in [6, 6.07) is 4.87. The molecule has 0 spiro atoms. The molecule has 2 aromatic rings. The van der Waals surface area contributed by atoms with Gasteiger partial charge in [-0.15, -0.1) is 0 Å². The largest absolute Gasteiger partial charge is 0.445 e. The molecule has 2 rings (SSSR count). The number of sulfonamides is 1. The zero-order valence-corrected chi connectivity index (χ0v) is 12.2. The van der Waals surface area contributed by atoms with Gasteiger partial charge in [-0.25, -0.2) is 18.1 Å². The molecular weight excluding hydrogens is 278 g/mol. The zero-order valence-electron chi connectivity index (χ0n) is 11.4. The lowest BCUT2D eigenvalue weighted by molar-refractivity contribution is 0.463. The van der Waals surface area contributed by atoms with E-state index in [2.05, 4.69) is 9.71 Å². The van der Waals surface area contributed by atoms with Gasteiger partial charge in [0.15, 0.2) is 0 Å². The average molecular weight is 295 g/mol. The molecule has 6 nitrogen and oxygen atoms in total. The van der Waals surface area contributed by atoms with Crippen molar-refractivity contribution in [1.29, 1.82) is 0 Å². The minimum Gasteiger partial charge on any atom is -0.445 e. The zero-order chi connectivity index (χ0) is 14.8. The van der Waals surface area contributed by atoms with Crippen molar-refractivity contribution in [3.05, 3.63) is 41.6 Å². The summed E-state index contributed by atoms with van der Waals surface area (Å²) in [5.41, 5.74) is 6.80. The number of nitrogens with two attached hydrogens (primary N) is 1. The second kappa shape index (κ2) is 5.64. The van der Waals surface area contributed by atoms with Crippen LogP contribution in [0.4, 0.5) is 5.69 Å². The first kappa shape index (κ1) is 14.5. The van der Waals surface area contributed by atoms with Crippen molar-refractivity contribution < 1.29 is 12.8 Å². The molecule has 0 aliphatic carbocycles. The van der Waals surface area contributed by atoms with Crippen molar-refractivity contribution in [3.63, 3.8) is 0 Å². The number of hydrogen-bond acceptors (Lipinski definition) is 5. The van der Waals surface area contributed by atoms with Gasteiger partial charge in [-0.05, 0) is 31.0 Å². The van der Waals surface area contributed by atoms with Crippen LogP contribution in [0, 0.1) is 6.92 Å². The second-order valence-corrected chi connectivity index (χ2v) is 6.15. The summed E-state index contributed by atoms with van der Waals surface area (Å²) in [7, 11) is -3.64. The van der Waals surface area contributed by atoms with E-state index in [1.54, 1.807) is 25.3 Å². The first-order chi connectivity index (χ1) is 9.42. The van der Waals surface area contributed by atoms with E-state index in [4.69, 9.17) is 10.2 Å². The summed E-state index contributed by atoms with van der Waals surface area (Å²) < 4.78 is 32.3. The first-order valence-electron chi connectivity index (χ1n) is 6.21. The Labute approximate surface area is 118 Å². The molecule has 0 fully saturated rings. The van der Waals surface area contributed by atoms with Crippen molar-refractivity contribution in [2.75, 3.05) is 5.73 Å². The van der Waals surface area contributed by atoms with Gasteiger partial charge in [-0.3, -0.25) is 0 Å². The maximum absolute atomic E-state index is 12.3. The van der Waals surface area contributed by atoms with Crippen LogP contribution in [0.5, 0.6) is 0 Å². The summed E-state index contributed by atoms with van der Waals surface area (Å²) in [6.45, 7) is 3.65. The van der Waals surface area contributed by atoms with E-state index in [9.17, 15) is 8.42 Å². The van der Waals surface area contributed by atoms with Crippen LogP contribution in [0.15, 0.2) is 33.7 Å². The fourth-order valence-corrected chi connectivity index (χ4v) is 3.15. The van der Waals surface area contributed by atoms with Gasteiger partial charge in [0.1, 0.15) is 5.76 Å². The molecule has 0 atom stereocenters. The molecule has 20 heavy (non-hydrogen) atoms. The van der Waals surface area contributed by atoms with E-state index >= 15 is 0 Å². The van der Waals surface area contributed by atoms with Crippen LogP contribution in [0.1, 0.15) is 24.1 Å². The molecule has 1 heterocycles. The number of nitrogen functional groups attached to an aromatic ring is 1. The predicted octanol–water partition coefficient (Wildman–Crippen LogP) is 1.61. The van der Waals surface area contributed by atoms with Gasteiger partial charge in [0.2, 0.25) is 15.9 Å². The molecule has 108 valence electrons. The Balaban J connectivity index is 2.24. The van der Waals surface area contributed by atoms with Crippen molar-refractivity contribution in [3.8, 4) is 0 Å². The Morgan fingerprint density at radius 3 is 2.75 bits per heavy atom. The van der Waals surface area contributed by atoms with Crippen LogP contribution in [0.2, 0.25) is 0 Å². The summed E-state index contributed by atoms with van der Waals surface area (Å²) in [5, 5.41) is 0. The fourth-order valence-electron chi connectivity index (χ4n) is 1.83. The number of benzene rings is 1. The fraction of sp³-hybridized carbons (Fsp3) is 0.308. The standard InChI is InChI=1S/C13H17N3O3S/c1-3-10-4-5-11(14)6-12(10)20(17,18)16-8-13-15-7-9(2)19-13/h4-7,16H,3,8,14H2,1-2H3. The number of aromatic nitrogens is 1. The number of aryl methyl sites for hydroxylation is 2. The second-order valence-electron chi connectivity index (χ2n) is 4.41. The van der Waals surface area contributed by atoms with E-state index in [0.717, 1.165) is 5.56 Å². The molecule has 0 bridgehead atoms. The number of nitrogens with one attached hydrogen (secondary N) is 1. The normalized spacial score (nSPS) is 11.7. The van der Waals surface area contributed by atoms with Crippen molar-refractivity contribution >= 4 is 15.7 Å². The number of anilines is 1. The molecule has 7 heteroatoms. The van der Waals surface area contributed by atoms with Gasteiger partial charge in [-0.2, -0.15) is 0 Å². The third-order valence-electron chi connectivity index (χ3n) is 2.84. The SMILES string of the molecule is CCc1ccc(N)cc1S(=O)(=O)NCc1ncc(C)o1. The molecule has 1 aromatic heterocycles. The van der Waals surface area contributed by atoms with E-state index < -0.39 is 10.0 Å². The third-order valence-corrected chi connectivity index (χ3v) is 4.33. The summed E-state index contributed by atoms with van der Waals surface area (Å²) in [4.78, 5) is 4.15. The van der Waals surface area contributed by atoms with Crippen LogP contribution in [0.25, 0.3) is 0 Å². The Hall–Kier alpha value is -1.86. The number of rotatable bonds is 5. The molecule has 0 radical (unpaired) electrons. The predicted molar refractivity (Wildman–Crippen MR) is 75.5 cm³/mol. The van der Waals surface area contributed by atoms with Crippen molar-refractivity contribution in [1.82, 2.24) is 9.71 Å². The highest BCUT2D eigenvalue weighted by Gasteiger charge is 2.18. The van der Waals surface area contributed by atoms with Gasteiger partial charge in [0, 0.05) is 5.69 Å². The number of oxazole rings is 1. The Bertz CT molecular complexity index is 707. The molecule has 0 amide bonds. The van der Waals surface area contributed by atoms with Gasteiger partial charge < -0.3 is 10.2 Å². The molecule has 0 saturated heterocycles. The van der Waals surface area contributed by atoms with Crippen LogP contribution < -0.4 is 10.5 Å². The number of nitrogens with zero attached hydrogens (tertiary/aromatic N) is 1. The van der Waals surface area contributed by atoms with E-state index in [-0.39, 0.29) is 11.4 Å². The highest BCUT2D eigenvalue weighted by molar-refractivity contribution is 7.89. The highest BCUT2D eigenvalue weighted by Crippen LogP contribution is 2.20. The Morgan fingerprint density at radius 1 is 1.40 bits per heavy atom. The molecular formula is C13H17N3O3S. The van der Waals surface area contributed by atoms with Crippen LogP contribution in [-0.4, -0.2) is 13.4 Å². The van der Waals surface area contributed by atoms with Crippen LogP contribution in [-0.2, 0) is 23.0 Å². The van der Waals surface area contributed by atoms with Gasteiger partial charge in [0.05, 0.1) is 17.6 Å². The summed E-state index contributed by atoms with van der Waals surface area (Å²) >= 11 is 0. The molecule has 3 N–H and O–H groups in total. The van der Waals surface area contributed by atoms with Crippen molar-refractivity contribution in [2.45, 2.75) is 31.7 Å². The average Bonchev–Trinajstić information content (AvgIpc) is 2.82. The monoisotopic (exact) mass is 295 g/mol. The van der Waals surface area contributed by atoms with Crippen LogP contribution in [0.3, 0.4) is 0 Å². The minimum absolute atomic E-state index is 0.00806. The maximum atomic E-state index is 12.3. The molecule has 0 aliphatic rings. The molecule has 0 unspecified atom stereocenters. The Morgan fingerprint density at radius 2 is 2.15 bits per heavy atom. The lowest BCUT2D eigenvalue weighted by Crippen LogP contribution is -2.24. The van der Waals surface area contributed by atoms with Gasteiger partial charge in [-0.1, -0.05) is 13.0 Å². The maximum Gasteiger partial charge on any atom is 0.241 e. The summed E-state index contributed by atoms with van der Waals surface area (Å²) in [6.07, 6.45) is 2.15. The van der Waals surface area contributed by atoms with Crippen molar-refractivity contribution in [2.24, 2.45) is 0 Å². The molecule has 0 saturated carbocycles. The van der Waals surface area contributed by atoms with Crippen LogP contribution >= 0.6 is 0 Å². The highest BCUT2D eigenvalue weighted by atomic mass is 32.2. The van der Waals surface area contributed by atoms with Gasteiger partial charge in [0.25, 0.3) is 0 Å². The topological polar surface area (TPSA) is 98.2 Å². The number of hydrogen-bond donors (Lipinski definition) is 2. The van der Waals surface area contributed by atoms with E-state index in [0.29, 0.717) is 23.8 Å². The molecule has 0 aliphatic heterocycles. The van der Waals surface area contributed by atoms with E-state index in [1.165, 1.54) is 6.07 Å². The van der Waals surface area contributed by atoms with Gasteiger partial charge >= 0.3 is 0 Å². The quantitative estimate of drug-likeness (QED) is 0.816. The summed E-state index contributed by atoms with van der Waals surface area (Å²) in [5.74, 6) is 0.963. The smallest absolute Gasteiger partial charge is 0.241 e. The minimum atomic E-state index is -3.64. The molecule has 1 aromatic carbocycles. The Kier molecular flexibility index (Phi) is 4.10. The lowest BCUT2D eigenvalue weighted by Gasteiger charge is -2.10. The first-order valence-corrected chi connectivity index (χ1v) is 7.70. The lowest BCUT2D eigenvalue weighted by atomic mass is 10.1. The third kappa shape index (κ3) is 3.17. The van der Waals surface area contributed by atoms with E-state index in [1.807, 2.05) is 6.92 Å².